The van der Waals surface area contributed by atoms with E-state index in [1.807, 2.05) is 6.07 Å². The molecule has 0 bridgehead atoms. The van der Waals surface area contributed by atoms with Gasteiger partial charge in [0.1, 0.15) is 0 Å². The molecule has 0 saturated carbocycles. The van der Waals surface area contributed by atoms with Crippen molar-refractivity contribution in [1.82, 2.24) is 9.97 Å². The number of benzene rings is 1. The molecule has 0 radical (unpaired) electrons. The minimum Gasteiger partial charge on any atom is -0.396 e. The van der Waals surface area contributed by atoms with Crippen molar-refractivity contribution in [3.8, 4) is 0 Å². The molecule has 0 atom stereocenters. The second-order valence-corrected chi connectivity index (χ2v) is 4.27. The quantitative estimate of drug-likeness (QED) is 0.776. The third-order valence-electron chi connectivity index (χ3n) is 2.91. The van der Waals surface area contributed by atoms with E-state index in [4.69, 9.17) is 5.11 Å². The van der Waals surface area contributed by atoms with Gasteiger partial charge >= 0.3 is 0 Å². The van der Waals surface area contributed by atoms with Gasteiger partial charge in [-0.1, -0.05) is 18.9 Å². The lowest BCUT2D eigenvalue weighted by Crippen LogP contribution is -1.89. The Hall–Kier alpha value is -1.48. The Morgan fingerprint density at radius 1 is 0.882 bits per heavy atom. The molecule has 0 aliphatic heterocycles. The first-order valence-corrected chi connectivity index (χ1v) is 6.20. The van der Waals surface area contributed by atoms with Crippen LogP contribution >= 0.6 is 0 Å². The largest absolute Gasteiger partial charge is 0.396 e. The molecule has 0 spiro atoms. The molecule has 2 rings (SSSR count). The van der Waals surface area contributed by atoms with Gasteiger partial charge in [-0.15, -0.1) is 0 Å². The molecular weight excluding hydrogens is 212 g/mol. The topological polar surface area (TPSA) is 46.0 Å². The highest BCUT2D eigenvalue weighted by Crippen LogP contribution is 2.13. The average molecular weight is 230 g/mol. The third kappa shape index (κ3) is 3.49. The number of aryl methyl sites for hydroxylation is 1. The van der Waals surface area contributed by atoms with Crippen molar-refractivity contribution in [2.75, 3.05) is 6.61 Å². The fourth-order valence-electron chi connectivity index (χ4n) is 1.96. The predicted molar refractivity (Wildman–Crippen MR) is 68.8 cm³/mol. The number of nitrogens with zero attached hydrogens (tertiary/aromatic N) is 2. The highest BCUT2D eigenvalue weighted by atomic mass is 16.2. The number of hydrogen-bond donors (Lipinski definition) is 1. The number of fused-ring (bicyclic) bond motifs is 1. The summed E-state index contributed by atoms with van der Waals surface area (Å²) in [6.45, 7) is 0.311. The van der Waals surface area contributed by atoms with Gasteiger partial charge in [0.05, 0.1) is 11.0 Å². The van der Waals surface area contributed by atoms with E-state index in [2.05, 4.69) is 22.1 Å². The van der Waals surface area contributed by atoms with E-state index in [9.17, 15) is 0 Å². The molecule has 0 aliphatic rings. The summed E-state index contributed by atoms with van der Waals surface area (Å²) in [5.74, 6) is 0. The number of hydrogen-bond acceptors (Lipinski definition) is 3. The lowest BCUT2D eigenvalue weighted by Gasteiger charge is -2.02. The monoisotopic (exact) mass is 230 g/mol. The molecule has 1 aromatic heterocycles. The van der Waals surface area contributed by atoms with Crippen LogP contribution in [0, 0.1) is 0 Å². The van der Waals surface area contributed by atoms with Crippen LogP contribution in [0.1, 0.15) is 31.2 Å². The number of aromatic nitrogens is 2. The predicted octanol–water partition coefficient (Wildman–Crippen LogP) is 2.73. The van der Waals surface area contributed by atoms with Crippen LogP contribution in [-0.2, 0) is 6.42 Å². The number of unbranched alkanes of at least 4 members (excludes halogenated alkanes) is 3. The molecule has 1 N–H and O–H groups in total. The molecule has 2 aromatic rings. The van der Waals surface area contributed by atoms with Gasteiger partial charge in [0, 0.05) is 19.0 Å². The molecule has 3 heteroatoms. The molecule has 0 fully saturated rings. The third-order valence-corrected chi connectivity index (χ3v) is 2.91. The molecule has 90 valence electrons. The fraction of sp³-hybridized carbons (Fsp3) is 0.429. The minimum atomic E-state index is 0.311. The molecule has 0 saturated heterocycles. The van der Waals surface area contributed by atoms with Gasteiger partial charge in [-0.05, 0) is 37.0 Å². The van der Waals surface area contributed by atoms with Gasteiger partial charge < -0.3 is 5.11 Å². The summed E-state index contributed by atoms with van der Waals surface area (Å²) >= 11 is 0. The standard InChI is InChI=1S/C14H18N2O/c17-10-4-2-1-3-5-12-6-7-13-14(11-12)16-9-8-15-13/h6-9,11,17H,1-5,10H2. The van der Waals surface area contributed by atoms with Gasteiger partial charge in [-0.2, -0.15) is 0 Å². The van der Waals surface area contributed by atoms with Crippen molar-refractivity contribution in [2.24, 2.45) is 0 Å². The van der Waals surface area contributed by atoms with Crippen LogP contribution in [0.2, 0.25) is 0 Å². The zero-order chi connectivity index (χ0) is 11.9. The van der Waals surface area contributed by atoms with E-state index in [-0.39, 0.29) is 0 Å². The summed E-state index contributed by atoms with van der Waals surface area (Å²) in [5, 5.41) is 8.69. The molecule has 17 heavy (non-hydrogen) atoms. The van der Waals surface area contributed by atoms with Crippen molar-refractivity contribution in [1.29, 1.82) is 0 Å². The highest BCUT2D eigenvalue weighted by Gasteiger charge is 1.98. The Kier molecular flexibility index (Phi) is 4.45. The summed E-state index contributed by atoms with van der Waals surface area (Å²) in [4.78, 5) is 8.56. The summed E-state index contributed by atoms with van der Waals surface area (Å²) in [6, 6.07) is 6.28. The van der Waals surface area contributed by atoms with E-state index in [1.165, 1.54) is 18.4 Å². The van der Waals surface area contributed by atoms with Crippen LogP contribution in [0.15, 0.2) is 30.6 Å². The zero-order valence-electron chi connectivity index (χ0n) is 9.97. The maximum Gasteiger partial charge on any atom is 0.0889 e. The maximum atomic E-state index is 8.69. The Balaban J connectivity index is 1.90. The Bertz CT molecular complexity index is 470. The molecule has 1 aromatic carbocycles. The summed E-state index contributed by atoms with van der Waals surface area (Å²) < 4.78 is 0. The maximum absolute atomic E-state index is 8.69. The van der Waals surface area contributed by atoms with E-state index < -0.39 is 0 Å². The normalized spacial score (nSPS) is 10.9. The van der Waals surface area contributed by atoms with E-state index in [0.717, 1.165) is 30.3 Å². The lowest BCUT2D eigenvalue weighted by atomic mass is 10.1. The number of rotatable bonds is 6. The number of aliphatic hydroxyl groups is 1. The van der Waals surface area contributed by atoms with Crippen molar-refractivity contribution >= 4 is 11.0 Å². The summed E-state index contributed by atoms with van der Waals surface area (Å²) in [5.41, 5.74) is 3.25. The van der Waals surface area contributed by atoms with Gasteiger partial charge in [-0.3, -0.25) is 9.97 Å². The van der Waals surface area contributed by atoms with E-state index in [1.54, 1.807) is 12.4 Å². The van der Waals surface area contributed by atoms with Crippen LogP contribution < -0.4 is 0 Å². The van der Waals surface area contributed by atoms with E-state index in [0.29, 0.717) is 6.61 Å². The molecule has 0 amide bonds. The van der Waals surface area contributed by atoms with Gasteiger partial charge in [0.25, 0.3) is 0 Å². The first-order valence-electron chi connectivity index (χ1n) is 6.20. The lowest BCUT2D eigenvalue weighted by molar-refractivity contribution is 0.282. The van der Waals surface area contributed by atoms with Crippen molar-refractivity contribution in [3.05, 3.63) is 36.2 Å². The molecule has 0 aliphatic carbocycles. The van der Waals surface area contributed by atoms with Crippen molar-refractivity contribution in [2.45, 2.75) is 32.1 Å². The average Bonchev–Trinajstić information content (AvgIpc) is 2.38. The minimum absolute atomic E-state index is 0.311. The van der Waals surface area contributed by atoms with Crippen LogP contribution in [0.3, 0.4) is 0 Å². The second-order valence-electron chi connectivity index (χ2n) is 4.27. The Labute approximate surface area is 102 Å². The Morgan fingerprint density at radius 2 is 1.65 bits per heavy atom. The van der Waals surface area contributed by atoms with Crippen LogP contribution in [0.25, 0.3) is 11.0 Å². The SMILES string of the molecule is OCCCCCCc1ccc2nccnc2c1. The van der Waals surface area contributed by atoms with Gasteiger partial charge in [0.2, 0.25) is 0 Å². The van der Waals surface area contributed by atoms with Crippen LogP contribution in [0.5, 0.6) is 0 Å². The number of aliphatic hydroxyl groups excluding tert-OH is 1. The first kappa shape index (κ1) is 12.0. The fourth-order valence-corrected chi connectivity index (χ4v) is 1.96. The van der Waals surface area contributed by atoms with E-state index >= 15 is 0 Å². The molecule has 3 nitrogen and oxygen atoms in total. The zero-order valence-corrected chi connectivity index (χ0v) is 9.97. The second kappa shape index (κ2) is 6.30. The molecular formula is C14H18N2O. The molecule has 0 unspecified atom stereocenters. The van der Waals surface area contributed by atoms with Crippen LogP contribution in [-0.4, -0.2) is 21.7 Å². The Morgan fingerprint density at radius 3 is 2.47 bits per heavy atom. The smallest absolute Gasteiger partial charge is 0.0889 e. The van der Waals surface area contributed by atoms with Crippen molar-refractivity contribution in [3.63, 3.8) is 0 Å². The highest BCUT2D eigenvalue weighted by molar-refractivity contribution is 5.74. The first-order chi connectivity index (χ1) is 8.40. The van der Waals surface area contributed by atoms with Gasteiger partial charge in [-0.25, -0.2) is 0 Å². The van der Waals surface area contributed by atoms with Crippen molar-refractivity contribution < 1.29 is 5.11 Å². The molecule has 1 heterocycles. The van der Waals surface area contributed by atoms with Crippen LogP contribution in [0.4, 0.5) is 0 Å². The summed E-state index contributed by atoms with van der Waals surface area (Å²) in [6.07, 6.45) is 8.92. The van der Waals surface area contributed by atoms with Gasteiger partial charge in [0.15, 0.2) is 0 Å². The summed E-state index contributed by atoms with van der Waals surface area (Å²) in [7, 11) is 0.